The summed E-state index contributed by atoms with van der Waals surface area (Å²) in [6, 6.07) is 7.92. The van der Waals surface area contributed by atoms with Crippen LogP contribution in [0.5, 0.6) is 11.5 Å². The Morgan fingerprint density at radius 3 is 2.68 bits per heavy atom. The number of aliphatic hydroxyl groups is 1. The van der Waals surface area contributed by atoms with Gasteiger partial charge in [-0.2, -0.15) is 5.10 Å². The SMILES string of the molecule is COc1ccc(CNCCCn2cccn2)cc1OC[C@H](O)CN1CCCCCCC1. The Balaban J connectivity index is 1.42. The van der Waals surface area contributed by atoms with Crippen molar-refractivity contribution in [2.75, 3.05) is 39.9 Å². The van der Waals surface area contributed by atoms with Crippen molar-refractivity contribution in [3.05, 3.63) is 42.2 Å². The van der Waals surface area contributed by atoms with Crippen LogP contribution in [-0.2, 0) is 13.1 Å². The third-order valence-corrected chi connectivity index (χ3v) is 5.71. The lowest BCUT2D eigenvalue weighted by molar-refractivity contribution is 0.0644. The number of β-amino-alcohol motifs (C(OH)–C–C–N with tert-alkyl or cyclic N) is 1. The molecule has 0 bridgehead atoms. The van der Waals surface area contributed by atoms with Crippen LogP contribution in [0.1, 0.15) is 44.1 Å². The van der Waals surface area contributed by atoms with Crippen LogP contribution in [0.3, 0.4) is 0 Å². The van der Waals surface area contributed by atoms with E-state index < -0.39 is 6.10 Å². The number of rotatable bonds is 12. The van der Waals surface area contributed by atoms with Crippen molar-refractivity contribution in [1.82, 2.24) is 20.0 Å². The monoisotopic (exact) mass is 430 g/mol. The second kappa shape index (κ2) is 13.3. The third-order valence-electron chi connectivity index (χ3n) is 5.71. The largest absolute Gasteiger partial charge is 0.493 e. The smallest absolute Gasteiger partial charge is 0.161 e. The molecule has 1 fully saturated rings. The number of aryl methyl sites for hydroxylation is 1. The molecule has 31 heavy (non-hydrogen) atoms. The molecule has 1 aromatic carbocycles. The Hall–Kier alpha value is -2.09. The van der Waals surface area contributed by atoms with Crippen molar-refractivity contribution in [3.8, 4) is 11.5 Å². The number of hydrogen-bond donors (Lipinski definition) is 2. The fourth-order valence-corrected chi connectivity index (χ4v) is 4.01. The maximum Gasteiger partial charge on any atom is 0.161 e. The molecule has 2 N–H and O–H groups in total. The molecule has 2 aromatic rings. The molecule has 3 rings (SSSR count). The Bertz CT molecular complexity index is 730. The average Bonchev–Trinajstić information content (AvgIpc) is 3.27. The van der Waals surface area contributed by atoms with E-state index in [-0.39, 0.29) is 6.61 Å². The zero-order valence-corrected chi connectivity index (χ0v) is 18.8. The van der Waals surface area contributed by atoms with Gasteiger partial charge in [-0.05, 0) is 62.7 Å². The Morgan fingerprint density at radius 2 is 1.94 bits per heavy atom. The highest BCUT2D eigenvalue weighted by Gasteiger charge is 2.15. The van der Waals surface area contributed by atoms with Gasteiger partial charge in [-0.3, -0.25) is 4.68 Å². The van der Waals surface area contributed by atoms with Crippen molar-refractivity contribution in [1.29, 1.82) is 0 Å². The highest BCUT2D eigenvalue weighted by molar-refractivity contribution is 5.43. The van der Waals surface area contributed by atoms with Crippen LogP contribution in [0.25, 0.3) is 0 Å². The van der Waals surface area contributed by atoms with E-state index in [2.05, 4.69) is 15.3 Å². The van der Waals surface area contributed by atoms with Gasteiger partial charge in [-0.15, -0.1) is 0 Å². The van der Waals surface area contributed by atoms with Crippen LogP contribution >= 0.6 is 0 Å². The molecule has 1 aliphatic rings. The van der Waals surface area contributed by atoms with Gasteiger partial charge in [0.1, 0.15) is 12.7 Å². The summed E-state index contributed by atoms with van der Waals surface area (Å²) in [5.41, 5.74) is 1.13. The van der Waals surface area contributed by atoms with Crippen molar-refractivity contribution in [2.45, 2.75) is 57.7 Å². The summed E-state index contributed by atoms with van der Waals surface area (Å²) < 4.78 is 13.4. The molecule has 0 aliphatic carbocycles. The normalized spacial score (nSPS) is 16.5. The molecule has 1 atom stereocenters. The minimum atomic E-state index is -0.506. The Morgan fingerprint density at radius 1 is 1.13 bits per heavy atom. The number of aromatic nitrogens is 2. The quantitative estimate of drug-likeness (QED) is 0.504. The first kappa shape index (κ1) is 23.6. The number of likely N-dealkylation sites (tertiary alicyclic amines) is 1. The molecule has 0 radical (unpaired) electrons. The van der Waals surface area contributed by atoms with Gasteiger partial charge in [0.15, 0.2) is 11.5 Å². The first-order chi connectivity index (χ1) is 15.2. The third kappa shape index (κ3) is 8.51. The number of benzene rings is 1. The van der Waals surface area contributed by atoms with Crippen molar-refractivity contribution < 1.29 is 14.6 Å². The molecule has 7 heteroatoms. The summed E-state index contributed by atoms with van der Waals surface area (Å²) in [5.74, 6) is 1.38. The lowest BCUT2D eigenvalue weighted by atomic mass is 10.1. The fourth-order valence-electron chi connectivity index (χ4n) is 4.01. The van der Waals surface area contributed by atoms with Crippen molar-refractivity contribution >= 4 is 0 Å². The molecule has 0 amide bonds. The molecule has 2 heterocycles. The van der Waals surface area contributed by atoms with Gasteiger partial charge in [0, 0.05) is 32.0 Å². The van der Waals surface area contributed by atoms with E-state index in [1.54, 1.807) is 13.3 Å². The van der Waals surface area contributed by atoms with E-state index in [0.29, 0.717) is 18.0 Å². The van der Waals surface area contributed by atoms with Crippen LogP contribution in [0, 0.1) is 0 Å². The van der Waals surface area contributed by atoms with Gasteiger partial charge in [0.05, 0.1) is 7.11 Å². The topological polar surface area (TPSA) is 71.8 Å². The van der Waals surface area contributed by atoms with Crippen LogP contribution in [0.15, 0.2) is 36.7 Å². The summed E-state index contributed by atoms with van der Waals surface area (Å²) >= 11 is 0. The standard InChI is InChI=1S/C24H38N4O3/c1-30-23-10-9-21(18-25-11-7-15-28-16-8-12-26-28)17-24(23)31-20-22(29)19-27-13-5-3-2-4-6-14-27/h8-10,12,16-17,22,25,29H,2-7,11,13-15,18-20H2,1H3/t22-/m1/s1. The number of hydrogen-bond acceptors (Lipinski definition) is 6. The lowest BCUT2D eigenvalue weighted by Gasteiger charge is -2.26. The van der Waals surface area contributed by atoms with E-state index in [9.17, 15) is 5.11 Å². The number of nitrogens with one attached hydrogen (secondary N) is 1. The van der Waals surface area contributed by atoms with E-state index in [0.717, 1.165) is 44.7 Å². The number of ether oxygens (including phenoxy) is 2. The highest BCUT2D eigenvalue weighted by atomic mass is 16.5. The van der Waals surface area contributed by atoms with Crippen LogP contribution in [-0.4, -0.2) is 65.8 Å². The molecular weight excluding hydrogens is 392 g/mol. The molecule has 0 unspecified atom stereocenters. The molecule has 172 valence electrons. The number of methoxy groups -OCH3 is 1. The summed E-state index contributed by atoms with van der Waals surface area (Å²) in [6.07, 6.45) is 10.7. The van der Waals surface area contributed by atoms with Gasteiger partial charge >= 0.3 is 0 Å². The van der Waals surface area contributed by atoms with E-state index >= 15 is 0 Å². The zero-order valence-electron chi connectivity index (χ0n) is 18.8. The number of nitrogens with zero attached hydrogens (tertiary/aromatic N) is 3. The Kier molecular flexibility index (Phi) is 10.2. The van der Waals surface area contributed by atoms with E-state index in [4.69, 9.17) is 9.47 Å². The molecule has 1 aromatic heterocycles. The predicted octanol–water partition coefficient (Wildman–Crippen LogP) is 3.08. The van der Waals surface area contributed by atoms with Crippen molar-refractivity contribution in [2.24, 2.45) is 0 Å². The molecule has 0 spiro atoms. The molecule has 1 saturated heterocycles. The molecular formula is C24H38N4O3. The zero-order chi connectivity index (χ0) is 21.7. The summed E-state index contributed by atoms with van der Waals surface area (Å²) in [6.45, 7) is 5.66. The van der Waals surface area contributed by atoms with Gasteiger partial charge in [0.25, 0.3) is 0 Å². The van der Waals surface area contributed by atoms with E-state index in [1.165, 1.54) is 32.1 Å². The second-order valence-electron chi connectivity index (χ2n) is 8.32. The maximum absolute atomic E-state index is 10.5. The summed E-state index contributed by atoms with van der Waals surface area (Å²) in [5, 5.41) is 18.2. The predicted molar refractivity (Wildman–Crippen MR) is 123 cm³/mol. The van der Waals surface area contributed by atoms with Gasteiger partial charge < -0.3 is 24.8 Å². The Labute approximate surface area is 186 Å². The van der Waals surface area contributed by atoms with E-state index in [1.807, 2.05) is 35.1 Å². The maximum atomic E-state index is 10.5. The molecule has 0 saturated carbocycles. The van der Waals surface area contributed by atoms with Crippen LogP contribution in [0.2, 0.25) is 0 Å². The molecule has 7 nitrogen and oxygen atoms in total. The van der Waals surface area contributed by atoms with Gasteiger partial charge in [0.2, 0.25) is 0 Å². The average molecular weight is 431 g/mol. The van der Waals surface area contributed by atoms with Crippen LogP contribution < -0.4 is 14.8 Å². The molecule has 1 aliphatic heterocycles. The first-order valence-electron chi connectivity index (χ1n) is 11.6. The fraction of sp³-hybridized carbons (Fsp3) is 0.625. The van der Waals surface area contributed by atoms with Gasteiger partial charge in [-0.1, -0.05) is 25.3 Å². The first-order valence-corrected chi connectivity index (χ1v) is 11.6. The highest BCUT2D eigenvalue weighted by Crippen LogP contribution is 2.28. The van der Waals surface area contributed by atoms with Gasteiger partial charge in [-0.25, -0.2) is 0 Å². The van der Waals surface area contributed by atoms with Crippen molar-refractivity contribution in [3.63, 3.8) is 0 Å². The lowest BCUT2D eigenvalue weighted by Crippen LogP contribution is -2.37. The second-order valence-corrected chi connectivity index (χ2v) is 8.32. The minimum Gasteiger partial charge on any atom is -0.493 e. The van der Waals surface area contributed by atoms with Crippen LogP contribution in [0.4, 0.5) is 0 Å². The number of aliphatic hydroxyl groups excluding tert-OH is 1. The summed E-state index contributed by atoms with van der Waals surface area (Å²) in [4.78, 5) is 2.37. The minimum absolute atomic E-state index is 0.271. The summed E-state index contributed by atoms with van der Waals surface area (Å²) in [7, 11) is 1.64.